The number of piperazine rings is 1. The first-order valence-corrected chi connectivity index (χ1v) is 7.29. The van der Waals surface area contributed by atoms with Crippen molar-refractivity contribution in [2.45, 2.75) is 12.5 Å². The van der Waals surface area contributed by atoms with Gasteiger partial charge in [-0.05, 0) is 19.0 Å². The van der Waals surface area contributed by atoms with Gasteiger partial charge in [0.25, 0.3) is 0 Å². The van der Waals surface area contributed by atoms with Gasteiger partial charge in [-0.25, -0.2) is 4.98 Å². The summed E-state index contributed by atoms with van der Waals surface area (Å²) in [6, 6.07) is 11.1. The molecule has 0 bridgehead atoms. The average molecular weight is 270 g/mol. The van der Waals surface area contributed by atoms with Crippen LogP contribution in [0.4, 0.5) is 0 Å². The number of likely N-dealkylation sites (N-methyl/N-ethyl adjacent to an activating group) is 1. The molecule has 2 aromatic rings. The van der Waals surface area contributed by atoms with Gasteiger partial charge in [0.2, 0.25) is 0 Å². The molecule has 0 saturated carbocycles. The lowest BCUT2D eigenvalue weighted by atomic mass is 10.1. The Hall–Kier alpha value is -1.65. The summed E-state index contributed by atoms with van der Waals surface area (Å²) < 4.78 is 0. The van der Waals surface area contributed by atoms with Crippen molar-refractivity contribution < 1.29 is 0 Å². The number of hydrogen-bond donors (Lipinski definition) is 1. The van der Waals surface area contributed by atoms with Crippen LogP contribution in [-0.4, -0.2) is 53.0 Å². The first-order valence-electron chi connectivity index (χ1n) is 7.29. The van der Waals surface area contributed by atoms with Gasteiger partial charge in [0.1, 0.15) is 5.82 Å². The van der Waals surface area contributed by atoms with Gasteiger partial charge in [0.05, 0.1) is 6.04 Å². The third-order valence-electron chi connectivity index (χ3n) is 4.06. The van der Waals surface area contributed by atoms with Crippen molar-refractivity contribution in [3.05, 3.63) is 54.1 Å². The largest absolute Gasteiger partial charge is 0.347 e. The Balaban J connectivity index is 1.67. The number of imidazole rings is 1. The van der Waals surface area contributed by atoms with E-state index >= 15 is 0 Å². The summed E-state index contributed by atoms with van der Waals surface area (Å²) in [4.78, 5) is 12.7. The van der Waals surface area contributed by atoms with Gasteiger partial charge in [-0.15, -0.1) is 0 Å². The molecule has 0 aliphatic carbocycles. The number of rotatable bonds is 4. The van der Waals surface area contributed by atoms with Gasteiger partial charge < -0.3 is 9.88 Å². The summed E-state index contributed by atoms with van der Waals surface area (Å²) in [6.45, 7) is 4.37. The molecule has 20 heavy (non-hydrogen) atoms. The minimum Gasteiger partial charge on any atom is -0.347 e. The monoisotopic (exact) mass is 270 g/mol. The van der Waals surface area contributed by atoms with E-state index in [-0.39, 0.29) is 0 Å². The summed E-state index contributed by atoms with van der Waals surface area (Å²) in [6.07, 6.45) is 4.86. The molecular weight excluding hydrogens is 248 g/mol. The van der Waals surface area contributed by atoms with Gasteiger partial charge >= 0.3 is 0 Å². The molecule has 1 aromatic heterocycles. The Morgan fingerprint density at radius 3 is 2.85 bits per heavy atom. The molecule has 4 nitrogen and oxygen atoms in total. The van der Waals surface area contributed by atoms with Crippen LogP contribution in [0.1, 0.15) is 17.4 Å². The van der Waals surface area contributed by atoms with E-state index in [1.165, 1.54) is 5.56 Å². The predicted octanol–water partition coefficient (Wildman–Crippen LogP) is 1.94. The van der Waals surface area contributed by atoms with Gasteiger partial charge in [-0.2, -0.15) is 0 Å². The molecule has 106 valence electrons. The molecule has 1 aromatic carbocycles. The Kier molecular flexibility index (Phi) is 4.14. The Morgan fingerprint density at radius 1 is 1.25 bits per heavy atom. The molecule has 3 rings (SSSR count). The van der Waals surface area contributed by atoms with Crippen LogP contribution in [0, 0.1) is 0 Å². The van der Waals surface area contributed by atoms with E-state index in [0.29, 0.717) is 6.04 Å². The van der Waals surface area contributed by atoms with E-state index < -0.39 is 0 Å². The van der Waals surface area contributed by atoms with Crippen LogP contribution in [0.5, 0.6) is 0 Å². The highest BCUT2D eigenvalue weighted by Crippen LogP contribution is 2.22. The Bertz CT molecular complexity index is 509. The maximum atomic E-state index is 4.46. The topological polar surface area (TPSA) is 35.2 Å². The molecule has 4 heteroatoms. The van der Waals surface area contributed by atoms with Crippen molar-refractivity contribution in [3.63, 3.8) is 0 Å². The highest BCUT2D eigenvalue weighted by atomic mass is 15.3. The second-order valence-corrected chi connectivity index (χ2v) is 5.52. The maximum Gasteiger partial charge on any atom is 0.124 e. The highest BCUT2D eigenvalue weighted by Gasteiger charge is 2.27. The second-order valence-electron chi connectivity index (χ2n) is 5.52. The quantitative estimate of drug-likeness (QED) is 0.922. The summed E-state index contributed by atoms with van der Waals surface area (Å²) in [5, 5.41) is 0. The number of aromatic amines is 1. The zero-order valence-electron chi connectivity index (χ0n) is 12.0. The molecule has 2 heterocycles. The van der Waals surface area contributed by atoms with E-state index in [0.717, 1.165) is 38.4 Å². The molecule has 1 atom stereocenters. The first kappa shape index (κ1) is 13.3. The molecule has 1 N–H and O–H groups in total. The maximum absolute atomic E-state index is 4.46. The Morgan fingerprint density at radius 2 is 2.10 bits per heavy atom. The smallest absolute Gasteiger partial charge is 0.124 e. The fraction of sp³-hybridized carbons (Fsp3) is 0.438. The zero-order valence-corrected chi connectivity index (χ0v) is 12.0. The van der Waals surface area contributed by atoms with Crippen molar-refractivity contribution in [2.24, 2.45) is 0 Å². The van der Waals surface area contributed by atoms with Crippen LogP contribution in [0.3, 0.4) is 0 Å². The van der Waals surface area contributed by atoms with E-state index in [4.69, 9.17) is 0 Å². The van der Waals surface area contributed by atoms with Crippen molar-refractivity contribution in [2.75, 3.05) is 33.2 Å². The van der Waals surface area contributed by atoms with Crippen molar-refractivity contribution in [1.29, 1.82) is 0 Å². The lowest BCUT2D eigenvalue weighted by Gasteiger charge is -2.39. The molecule has 1 aliphatic rings. The SMILES string of the molecule is CN1CCN(CCc2ccccc2)C(c2ncc[nH]2)C1. The van der Waals surface area contributed by atoms with Gasteiger partial charge in [-0.1, -0.05) is 30.3 Å². The molecular formula is C16H22N4. The van der Waals surface area contributed by atoms with Crippen LogP contribution >= 0.6 is 0 Å². The third-order valence-corrected chi connectivity index (χ3v) is 4.06. The van der Waals surface area contributed by atoms with Crippen LogP contribution in [0.2, 0.25) is 0 Å². The summed E-state index contributed by atoms with van der Waals surface area (Å²) >= 11 is 0. The van der Waals surface area contributed by atoms with Crippen LogP contribution in [-0.2, 0) is 6.42 Å². The molecule has 1 saturated heterocycles. The first-order chi connectivity index (χ1) is 9.83. The van der Waals surface area contributed by atoms with Gasteiger partial charge in [0, 0.05) is 38.6 Å². The van der Waals surface area contributed by atoms with Crippen LogP contribution in [0.25, 0.3) is 0 Å². The molecule has 0 spiro atoms. The fourth-order valence-electron chi connectivity index (χ4n) is 2.86. The second kappa shape index (κ2) is 6.20. The average Bonchev–Trinajstić information content (AvgIpc) is 3.01. The minimum atomic E-state index is 0.382. The van der Waals surface area contributed by atoms with Crippen molar-refractivity contribution in [3.8, 4) is 0 Å². The third kappa shape index (κ3) is 3.08. The minimum absolute atomic E-state index is 0.382. The lowest BCUT2D eigenvalue weighted by molar-refractivity contribution is 0.0864. The summed E-state index contributed by atoms with van der Waals surface area (Å²) in [7, 11) is 2.18. The van der Waals surface area contributed by atoms with Gasteiger partial charge in [-0.3, -0.25) is 4.90 Å². The molecule has 1 unspecified atom stereocenters. The molecule has 0 radical (unpaired) electrons. The Labute approximate surface area is 120 Å². The van der Waals surface area contributed by atoms with Crippen LogP contribution in [0.15, 0.2) is 42.7 Å². The molecule has 1 fully saturated rings. The standard InChI is InChI=1S/C16H22N4/c1-19-11-12-20(10-7-14-5-3-2-4-6-14)15(13-19)16-17-8-9-18-16/h2-6,8-9,15H,7,10-13H2,1H3,(H,17,18). The number of nitrogens with one attached hydrogen (secondary N) is 1. The normalized spacial score (nSPS) is 21.1. The molecule has 1 aliphatic heterocycles. The van der Waals surface area contributed by atoms with Gasteiger partial charge in [0.15, 0.2) is 0 Å². The van der Waals surface area contributed by atoms with E-state index in [1.807, 2.05) is 12.4 Å². The fourth-order valence-corrected chi connectivity index (χ4v) is 2.86. The number of benzene rings is 1. The zero-order chi connectivity index (χ0) is 13.8. The molecule has 0 amide bonds. The van der Waals surface area contributed by atoms with Crippen LogP contribution < -0.4 is 0 Å². The number of H-pyrrole nitrogens is 1. The number of nitrogens with zero attached hydrogens (tertiary/aromatic N) is 3. The summed E-state index contributed by atoms with van der Waals surface area (Å²) in [5.74, 6) is 1.09. The lowest BCUT2D eigenvalue weighted by Crippen LogP contribution is -2.47. The van der Waals surface area contributed by atoms with E-state index in [1.54, 1.807) is 0 Å². The number of hydrogen-bond acceptors (Lipinski definition) is 3. The highest BCUT2D eigenvalue weighted by molar-refractivity contribution is 5.15. The van der Waals surface area contributed by atoms with Crippen molar-refractivity contribution >= 4 is 0 Å². The van der Waals surface area contributed by atoms with E-state index in [2.05, 4.69) is 57.1 Å². The predicted molar refractivity (Wildman–Crippen MR) is 80.5 cm³/mol. The van der Waals surface area contributed by atoms with E-state index in [9.17, 15) is 0 Å². The van der Waals surface area contributed by atoms with Crippen molar-refractivity contribution in [1.82, 2.24) is 19.8 Å². The number of aromatic nitrogens is 2. The summed E-state index contributed by atoms with van der Waals surface area (Å²) in [5.41, 5.74) is 1.41.